The molecule has 2 heterocycles. The van der Waals surface area contributed by atoms with Gasteiger partial charge in [-0.3, -0.25) is 4.79 Å². The van der Waals surface area contributed by atoms with Gasteiger partial charge in [0.15, 0.2) is 0 Å². The van der Waals surface area contributed by atoms with E-state index in [-0.39, 0.29) is 10.8 Å². The SMILES string of the molecule is CN1CCN(S(=O)(=O)c2cccc(C(=O)NCc3nc4ccccc4s3)c2)CC1. The van der Waals surface area contributed by atoms with E-state index >= 15 is 0 Å². The van der Waals surface area contributed by atoms with Crippen molar-refractivity contribution in [3.8, 4) is 0 Å². The van der Waals surface area contributed by atoms with Crippen LogP contribution >= 0.6 is 11.3 Å². The zero-order valence-electron chi connectivity index (χ0n) is 16.0. The van der Waals surface area contributed by atoms with E-state index in [0.29, 0.717) is 38.3 Å². The van der Waals surface area contributed by atoms with Crippen LogP contribution in [0.4, 0.5) is 0 Å². The summed E-state index contributed by atoms with van der Waals surface area (Å²) in [5, 5.41) is 3.64. The Morgan fingerprint density at radius 2 is 1.86 bits per heavy atom. The van der Waals surface area contributed by atoms with E-state index in [4.69, 9.17) is 0 Å². The first-order valence-corrected chi connectivity index (χ1v) is 11.6. The number of amides is 1. The Hall–Kier alpha value is -2.33. The van der Waals surface area contributed by atoms with E-state index in [0.717, 1.165) is 15.2 Å². The molecule has 1 aromatic heterocycles. The van der Waals surface area contributed by atoms with Crippen molar-refractivity contribution in [2.75, 3.05) is 33.2 Å². The summed E-state index contributed by atoms with van der Waals surface area (Å²) in [4.78, 5) is 19.3. The lowest BCUT2D eigenvalue weighted by Crippen LogP contribution is -2.47. The Morgan fingerprint density at radius 3 is 2.62 bits per heavy atom. The van der Waals surface area contributed by atoms with Crippen molar-refractivity contribution in [1.29, 1.82) is 0 Å². The first-order valence-electron chi connectivity index (χ1n) is 9.35. The number of nitrogens with zero attached hydrogens (tertiary/aromatic N) is 3. The van der Waals surface area contributed by atoms with Crippen molar-refractivity contribution in [2.45, 2.75) is 11.4 Å². The van der Waals surface area contributed by atoms with Gasteiger partial charge in [-0.1, -0.05) is 18.2 Å². The lowest BCUT2D eigenvalue weighted by molar-refractivity contribution is 0.0950. The van der Waals surface area contributed by atoms with E-state index in [1.165, 1.54) is 27.8 Å². The van der Waals surface area contributed by atoms with Gasteiger partial charge in [-0.2, -0.15) is 4.31 Å². The van der Waals surface area contributed by atoms with E-state index in [2.05, 4.69) is 15.2 Å². The van der Waals surface area contributed by atoms with Crippen LogP contribution in [0.2, 0.25) is 0 Å². The standard InChI is InChI=1S/C20H22N4O3S2/c1-23-9-11-24(12-10-23)29(26,27)16-6-4-5-15(13-16)20(25)21-14-19-22-17-7-2-3-8-18(17)28-19/h2-8,13H,9-12,14H2,1H3,(H,21,25). The first kappa shape index (κ1) is 20.0. The summed E-state index contributed by atoms with van der Waals surface area (Å²) in [7, 11) is -1.64. The highest BCUT2D eigenvalue weighted by molar-refractivity contribution is 7.89. The van der Waals surface area contributed by atoms with Crippen molar-refractivity contribution < 1.29 is 13.2 Å². The molecule has 1 aliphatic rings. The third kappa shape index (κ3) is 4.32. The Morgan fingerprint density at radius 1 is 1.10 bits per heavy atom. The number of carbonyl (C=O) groups is 1. The fourth-order valence-electron chi connectivity index (χ4n) is 3.23. The molecule has 152 valence electrons. The number of hydrogen-bond acceptors (Lipinski definition) is 6. The number of likely N-dealkylation sites (N-methyl/N-ethyl adjacent to an activating group) is 1. The van der Waals surface area contributed by atoms with E-state index < -0.39 is 10.0 Å². The van der Waals surface area contributed by atoms with Crippen LogP contribution in [0.1, 0.15) is 15.4 Å². The molecule has 0 bridgehead atoms. The van der Waals surface area contributed by atoms with Gasteiger partial charge in [-0.25, -0.2) is 13.4 Å². The molecule has 0 saturated carbocycles. The lowest BCUT2D eigenvalue weighted by Gasteiger charge is -2.31. The van der Waals surface area contributed by atoms with Crippen LogP contribution in [0, 0.1) is 0 Å². The third-order valence-electron chi connectivity index (χ3n) is 4.93. The van der Waals surface area contributed by atoms with Crippen molar-refractivity contribution >= 4 is 37.5 Å². The number of thiazole rings is 1. The maximum Gasteiger partial charge on any atom is 0.251 e. The van der Waals surface area contributed by atoms with Crippen LogP contribution in [0.3, 0.4) is 0 Å². The normalized spacial score (nSPS) is 16.2. The predicted molar refractivity (Wildman–Crippen MR) is 113 cm³/mol. The maximum atomic E-state index is 12.9. The van der Waals surface area contributed by atoms with Gasteiger partial charge in [0.05, 0.1) is 21.7 Å². The zero-order valence-corrected chi connectivity index (χ0v) is 17.7. The molecule has 0 spiro atoms. The third-order valence-corrected chi connectivity index (χ3v) is 7.87. The number of para-hydroxylation sites is 1. The summed E-state index contributed by atoms with van der Waals surface area (Å²) >= 11 is 1.53. The van der Waals surface area contributed by atoms with Gasteiger partial charge < -0.3 is 10.2 Å². The van der Waals surface area contributed by atoms with E-state index in [1.807, 2.05) is 31.3 Å². The molecule has 1 fully saturated rings. The second-order valence-corrected chi connectivity index (χ2v) is 10.0. The zero-order chi connectivity index (χ0) is 20.4. The molecule has 2 aromatic carbocycles. The minimum Gasteiger partial charge on any atom is -0.346 e. The number of hydrogen-bond donors (Lipinski definition) is 1. The van der Waals surface area contributed by atoms with Crippen LogP contribution in [-0.2, 0) is 16.6 Å². The number of fused-ring (bicyclic) bond motifs is 1. The van der Waals surface area contributed by atoms with Gasteiger partial charge in [-0.15, -0.1) is 11.3 Å². The summed E-state index contributed by atoms with van der Waals surface area (Å²) in [5.74, 6) is -0.320. The van der Waals surface area contributed by atoms with Crippen LogP contribution in [0.15, 0.2) is 53.4 Å². The largest absolute Gasteiger partial charge is 0.346 e. The van der Waals surface area contributed by atoms with Crippen molar-refractivity contribution in [3.05, 3.63) is 59.1 Å². The van der Waals surface area contributed by atoms with Gasteiger partial charge in [0.2, 0.25) is 10.0 Å². The minimum atomic E-state index is -3.61. The molecular weight excluding hydrogens is 408 g/mol. The second-order valence-electron chi connectivity index (χ2n) is 6.99. The van der Waals surface area contributed by atoms with Gasteiger partial charge in [0, 0.05) is 31.7 Å². The number of piperazine rings is 1. The summed E-state index contributed by atoms with van der Waals surface area (Å²) in [6, 6.07) is 14.0. The molecule has 0 radical (unpaired) electrons. The fraction of sp³-hybridized carbons (Fsp3) is 0.300. The number of rotatable bonds is 5. The number of benzene rings is 2. The number of nitrogens with one attached hydrogen (secondary N) is 1. The van der Waals surface area contributed by atoms with Crippen molar-refractivity contribution in [1.82, 2.24) is 19.5 Å². The average molecular weight is 431 g/mol. The van der Waals surface area contributed by atoms with Crippen LogP contribution in [-0.4, -0.2) is 61.7 Å². The number of carbonyl (C=O) groups excluding carboxylic acids is 1. The quantitative estimate of drug-likeness (QED) is 0.671. The first-order chi connectivity index (χ1) is 13.9. The summed E-state index contributed by atoms with van der Waals surface area (Å²) in [6.45, 7) is 2.59. The van der Waals surface area contributed by atoms with E-state index in [1.54, 1.807) is 12.1 Å². The predicted octanol–water partition coefficient (Wildman–Crippen LogP) is 2.16. The Kier molecular flexibility index (Phi) is 5.64. The van der Waals surface area contributed by atoms with Crippen molar-refractivity contribution in [2.24, 2.45) is 0 Å². The smallest absolute Gasteiger partial charge is 0.251 e. The van der Waals surface area contributed by atoms with E-state index in [9.17, 15) is 13.2 Å². The molecule has 9 heteroatoms. The molecule has 29 heavy (non-hydrogen) atoms. The molecule has 0 atom stereocenters. The molecule has 0 aliphatic carbocycles. The maximum absolute atomic E-state index is 12.9. The van der Waals surface area contributed by atoms with Gasteiger partial charge in [0.1, 0.15) is 5.01 Å². The van der Waals surface area contributed by atoms with Gasteiger partial charge in [0.25, 0.3) is 5.91 Å². The highest BCUT2D eigenvalue weighted by atomic mass is 32.2. The average Bonchev–Trinajstić information content (AvgIpc) is 3.15. The Labute approximate surface area is 174 Å². The van der Waals surface area contributed by atoms with Crippen molar-refractivity contribution in [3.63, 3.8) is 0 Å². The molecule has 1 N–H and O–H groups in total. The highest BCUT2D eigenvalue weighted by Crippen LogP contribution is 2.22. The summed E-state index contributed by atoms with van der Waals surface area (Å²) in [6.07, 6.45) is 0. The second kappa shape index (κ2) is 8.19. The molecule has 3 aromatic rings. The van der Waals surface area contributed by atoms with Crippen LogP contribution in [0.5, 0.6) is 0 Å². The van der Waals surface area contributed by atoms with Gasteiger partial charge in [-0.05, 0) is 37.4 Å². The molecular formula is C20H22N4O3S2. The Bertz CT molecular complexity index is 1100. The monoisotopic (exact) mass is 430 g/mol. The fourth-order valence-corrected chi connectivity index (χ4v) is 5.60. The molecule has 1 amide bonds. The highest BCUT2D eigenvalue weighted by Gasteiger charge is 2.27. The summed E-state index contributed by atoms with van der Waals surface area (Å²) < 4.78 is 28.4. The number of aromatic nitrogens is 1. The summed E-state index contributed by atoms with van der Waals surface area (Å²) in [5.41, 5.74) is 1.23. The molecule has 1 aliphatic heterocycles. The van der Waals surface area contributed by atoms with Gasteiger partial charge >= 0.3 is 0 Å². The lowest BCUT2D eigenvalue weighted by atomic mass is 10.2. The molecule has 7 nitrogen and oxygen atoms in total. The minimum absolute atomic E-state index is 0.148. The molecule has 1 saturated heterocycles. The van der Waals surface area contributed by atoms with Crippen LogP contribution < -0.4 is 5.32 Å². The van der Waals surface area contributed by atoms with Crippen LogP contribution in [0.25, 0.3) is 10.2 Å². The molecule has 4 rings (SSSR count). The molecule has 0 unspecified atom stereocenters. The number of sulfonamides is 1. The Balaban J connectivity index is 1.46. The topological polar surface area (TPSA) is 82.6 Å².